The number of pyridine rings is 1. The van der Waals surface area contributed by atoms with E-state index in [0.29, 0.717) is 18.7 Å². The van der Waals surface area contributed by atoms with Crippen molar-refractivity contribution < 1.29 is 9.90 Å². The highest BCUT2D eigenvalue weighted by molar-refractivity contribution is 6.05. The van der Waals surface area contributed by atoms with Crippen LogP contribution >= 0.6 is 0 Å². The molecule has 3 rings (SSSR count). The van der Waals surface area contributed by atoms with Crippen LogP contribution in [0.4, 0.5) is 0 Å². The normalized spacial score (nSPS) is 19.3. The molecule has 27 heavy (non-hydrogen) atoms. The van der Waals surface area contributed by atoms with Gasteiger partial charge in [-0.3, -0.25) is 9.69 Å². The van der Waals surface area contributed by atoms with Crippen molar-refractivity contribution in [1.82, 2.24) is 24.6 Å². The van der Waals surface area contributed by atoms with Gasteiger partial charge in [0, 0.05) is 44.0 Å². The van der Waals surface area contributed by atoms with Crippen LogP contribution in [0, 0.1) is 6.92 Å². The number of hydrogen-bond donors (Lipinski definition) is 1. The monoisotopic (exact) mass is 373 g/mol. The lowest BCUT2D eigenvalue weighted by Crippen LogP contribution is -2.56. The number of fused-ring (bicyclic) bond motifs is 1. The van der Waals surface area contributed by atoms with Crippen LogP contribution in [0.1, 0.15) is 56.7 Å². The van der Waals surface area contributed by atoms with E-state index in [0.717, 1.165) is 29.8 Å². The van der Waals surface area contributed by atoms with Crippen LogP contribution in [-0.4, -0.2) is 73.4 Å². The van der Waals surface area contributed by atoms with E-state index in [1.54, 1.807) is 6.20 Å². The van der Waals surface area contributed by atoms with Gasteiger partial charge in [0.1, 0.15) is 0 Å². The fourth-order valence-electron chi connectivity index (χ4n) is 3.88. The lowest BCUT2D eigenvalue weighted by Gasteiger charge is -2.41. The largest absolute Gasteiger partial charge is 0.389 e. The van der Waals surface area contributed by atoms with E-state index in [1.807, 2.05) is 36.4 Å². The number of carbonyl (C=O) groups excluding carboxylic acids is 1. The zero-order valence-electron chi connectivity index (χ0n) is 17.2. The second kappa shape index (κ2) is 7.20. The topological polar surface area (TPSA) is 74.5 Å². The summed E-state index contributed by atoms with van der Waals surface area (Å²) >= 11 is 0. The smallest absolute Gasteiger partial charge is 0.255 e. The van der Waals surface area contributed by atoms with Crippen LogP contribution in [0.2, 0.25) is 0 Å². The molecule has 0 aromatic carbocycles. The molecule has 0 spiro atoms. The molecule has 0 bridgehead atoms. The number of aromatic nitrogens is 3. The number of nitrogens with zero attached hydrogens (tertiary/aromatic N) is 5. The molecule has 1 amide bonds. The Morgan fingerprint density at radius 1 is 1.37 bits per heavy atom. The molecule has 1 fully saturated rings. The van der Waals surface area contributed by atoms with Crippen molar-refractivity contribution in [1.29, 1.82) is 0 Å². The van der Waals surface area contributed by atoms with E-state index >= 15 is 0 Å². The van der Waals surface area contributed by atoms with Crippen molar-refractivity contribution in [2.24, 2.45) is 0 Å². The molecule has 3 heterocycles. The molecule has 1 aliphatic heterocycles. The van der Waals surface area contributed by atoms with Gasteiger partial charge >= 0.3 is 0 Å². The van der Waals surface area contributed by atoms with E-state index < -0.39 is 5.60 Å². The summed E-state index contributed by atoms with van der Waals surface area (Å²) in [6.07, 6.45) is 1.75. The van der Waals surface area contributed by atoms with E-state index in [9.17, 15) is 9.90 Å². The van der Waals surface area contributed by atoms with Gasteiger partial charge in [0.25, 0.3) is 5.91 Å². The van der Waals surface area contributed by atoms with Crippen molar-refractivity contribution in [3.63, 3.8) is 0 Å². The summed E-state index contributed by atoms with van der Waals surface area (Å²) in [5.41, 5.74) is 1.53. The molecule has 2 aromatic rings. The average molecular weight is 374 g/mol. The Balaban J connectivity index is 1.86. The molecule has 148 valence electrons. The van der Waals surface area contributed by atoms with Crippen molar-refractivity contribution in [2.75, 3.05) is 26.2 Å². The van der Waals surface area contributed by atoms with E-state index in [1.165, 1.54) is 0 Å². The van der Waals surface area contributed by atoms with Crippen molar-refractivity contribution in [2.45, 2.75) is 59.2 Å². The number of carbonyl (C=O) groups is 1. The average Bonchev–Trinajstić information content (AvgIpc) is 2.95. The van der Waals surface area contributed by atoms with Crippen LogP contribution in [0.25, 0.3) is 11.0 Å². The number of hydrogen-bond acceptors (Lipinski definition) is 5. The quantitative estimate of drug-likeness (QED) is 0.890. The van der Waals surface area contributed by atoms with Gasteiger partial charge in [0.15, 0.2) is 5.65 Å². The minimum atomic E-state index is -0.730. The molecule has 0 radical (unpaired) electrons. The van der Waals surface area contributed by atoms with E-state index in [4.69, 9.17) is 0 Å². The SMILES string of the molecule is Cc1cc(C(=O)N2CCN(CC(C)(C)O)CC2C)c2cnn(C(C)C)c2n1. The second-order valence-corrected chi connectivity index (χ2v) is 8.63. The minimum Gasteiger partial charge on any atom is -0.389 e. The molecule has 7 nitrogen and oxygen atoms in total. The summed E-state index contributed by atoms with van der Waals surface area (Å²) < 4.78 is 1.86. The predicted molar refractivity (Wildman–Crippen MR) is 106 cm³/mol. The fraction of sp³-hybridized carbons (Fsp3) is 0.650. The highest BCUT2D eigenvalue weighted by Gasteiger charge is 2.31. The standard InChI is InChI=1S/C20H31N5O2/c1-13(2)25-18-17(10-21-25)16(9-14(3)22-18)19(26)24-8-7-23(11-15(24)4)12-20(5,6)27/h9-10,13,15,27H,7-8,11-12H2,1-6H3. The van der Waals surface area contributed by atoms with Crippen LogP contribution in [-0.2, 0) is 0 Å². The van der Waals surface area contributed by atoms with Crippen molar-refractivity contribution in [3.05, 3.63) is 23.5 Å². The summed E-state index contributed by atoms with van der Waals surface area (Å²) in [6, 6.07) is 2.13. The first kappa shape index (κ1) is 19.8. The highest BCUT2D eigenvalue weighted by atomic mass is 16.3. The van der Waals surface area contributed by atoms with Crippen LogP contribution in [0.15, 0.2) is 12.3 Å². The Bertz CT molecular complexity index is 837. The maximum absolute atomic E-state index is 13.3. The van der Waals surface area contributed by atoms with E-state index in [-0.39, 0.29) is 18.0 Å². The van der Waals surface area contributed by atoms with Gasteiger partial charge in [0.2, 0.25) is 0 Å². The van der Waals surface area contributed by atoms with Gasteiger partial charge in [-0.1, -0.05) is 0 Å². The number of aryl methyl sites for hydroxylation is 1. The zero-order chi connectivity index (χ0) is 19.9. The lowest BCUT2D eigenvalue weighted by atomic mass is 10.1. The summed E-state index contributed by atoms with van der Waals surface area (Å²) in [5, 5.41) is 15.3. The first-order chi connectivity index (χ1) is 12.6. The Hall–Kier alpha value is -1.99. The highest BCUT2D eigenvalue weighted by Crippen LogP contribution is 2.24. The Labute approximate surface area is 161 Å². The predicted octanol–water partition coefficient (Wildman–Crippen LogP) is 2.24. The lowest BCUT2D eigenvalue weighted by molar-refractivity contribution is 0.00583. The van der Waals surface area contributed by atoms with Gasteiger partial charge in [0.05, 0.1) is 22.7 Å². The Morgan fingerprint density at radius 3 is 2.67 bits per heavy atom. The summed E-state index contributed by atoms with van der Waals surface area (Å²) in [5.74, 6) is 0.0317. The van der Waals surface area contributed by atoms with Gasteiger partial charge in [-0.05, 0) is 47.6 Å². The molecule has 0 saturated carbocycles. The molecule has 1 aliphatic rings. The third-order valence-electron chi connectivity index (χ3n) is 5.00. The molecular formula is C20H31N5O2. The molecular weight excluding hydrogens is 342 g/mol. The number of amides is 1. The molecule has 7 heteroatoms. The fourth-order valence-corrected chi connectivity index (χ4v) is 3.88. The first-order valence-corrected chi connectivity index (χ1v) is 9.67. The van der Waals surface area contributed by atoms with Crippen molar-refractivity contribution >= 4 is 16.9 Å². The molecule has 1 unspecified atom stereocenters. The minimum absolute atomic E-state index is 0.0317. The second-order valence-electron chi connectivity index (χ2n) is 8.63. The maximum Gasteiger partial charge on any atom is 0.255 e. The summed E-state index contributed by atoms with van der Waals surface area (Å²) in [7, 11) is 0. The molecule has 1 atom stereocenters. The summed E-state index contributed by atoms with van der Waals surface area (Å²) in [6.45, 7) is 14.5. The van der Waals surface area contributed by atoms with E-state index in [2.05, 4.69) is 35.8 Å². The van der Waals surface area contributed by atoms with Gasteiger partial charge in [-0.2, -0.15) is 5.10 Å². The number of rotatable bonds is 4. The van der Waals surface area contributed by atoms with Gasteiger partial charge in [-0.25, -0.2) is 9.67 Å². The molecule has 0 aliphatic carbocycles. The molecule has 1 saturated heterocycles. The zero-order valence-corrected chi connectivity index (χ0v) is 17.2. The van der Waals surface area contributed by atoms with Crippen LogP contribution < -0.4 is 0 Å². The number of aliphatic hydroxyl groups is 1. The summed E-state index contributed by atoms with van der Waals surface area (Å²) in [4.78, 5) is 22.1. The molecule has 1 N–H and O–H groups in total. The number of β-amino-alcohol motifs (C(OH)–C–C–N with tert-alkyl or cyclic N) is 1. The van der Waals surface area contributed by atoms with Gasteiger partial charge in [-0.15, -0.1) is 0 Å². The number of piperazine rings is 1. The maximum atomic E-state index is 13.3. The first-order valence-electron chi connectivity index (χ1n) is 9.67. The van der Waals surface area contributed by atoms with Crippen LogP contribution in [0.5, 0.6) is 0 Å². The Morgan fingerprint density at radius 2 is 2.07 bits per heavy atom. The molecule has 2 aromatic heterocycles. The van der Waals surface area contributed by atoms with Crippen LogP contribution in [0.3, 0.4) is 0 Å². The Kier molecular flexibility index (Phi) is 5.27. The van der Waals surface area contributed by atoms with Crippen molar-refractivity contribution in [3.8, 4) is 0 Å². The third kappa shape index (κ3) is 4.14. The van der Waals surface area contributed by atoms with Gasteiger partial charge < -0.3 is 10.0 Å². The third-order valence-corrected chi connectivity index (χ3v) is 5.00.